The first-order chi connectivity index (χ1) is 18.8. The van der Waals surface area contributed by atoms with Gasteiger partial charge in [-0.3, -0.25) is 19.2 Å². The average molecular weight is 594 g/mol. The number of hydrogen-bond donors (Lipinski definition) is 2. The SMILES string of the molecule is CC1(C)C2CC[C@]3(C)C(C(=O)C=C4[C@@H]5C[C@@](C)(C(=O)O)CC[C@]5(C)CC[C@]43C)[C@@]2(C)CC[C@@H]1OC(=O)CCC(=O)O.[Na+]. The maximum atomic E-state index is 14.5. The molecule has 0 aromatic carbocycles. The number of allylic oxidation sites excluding steroid dienone is 2. The summed E-state index contributed by atoms with van der Waals surface area (Å²) in [6, 6.07) is 0. The fourth-order valence-corrected chi connectivity index (χ4v) is 11.0. The van der Waals surface area contributed by atoms with Crippen molar-refractivity contribution in [3.05, 3.63) is 11.6 Å². The molecule has 0 heterocycles. The van der Waals surface area contributed by atoms with Crippen LogP contribution in [0.5, 0.6) is 0 Å². The summed E-state index contributed by atoms with van der Waals surface area (Å²) in [6.07, 6.45) is 8.80. The molecule has 5 aliphatic rings. The molecule has 0 amide bonds. The van der Waals surface area contributed by atoms with E-state index in [1.807, 2.05) is 13.0 Å². The van der Waals surface area contributed by atoms with E-state index < -0.39 is 23.3 Å². The van der Waals surface area contributed by atoms with Crippen molar-refractivity contribution >= 4 is 23.7 Å². The third-order valence-corrected chi connectivity index (χ3v) is 13.8. The standard InChI is InChI=1S/C34H50O7.Na/c1-29(2)23-10-13-34(7)27(32(23,5)12-11-24(29)41-26(38)9-8-25(36)37)22(35)18-20-21-19-31(4,28(39)40)15-14-30(21,3)16-17-33(20,34)6;/h18,21,23-24,27H,8-17,19H2,1-7H3,(H,36,37)(H,39,40);/q;+1/t21-,23?,24-,27?,30+,31-,32-,33+,34+;/m0./s1. The number of carbonyl (C=O) groups excluding carboxylic acids is 2. The van der Waals surface area contributed by atoms with Gasteiger partial charge in [-0.1, -0.05) is 47.1 Å². The Bertz CT molecular complexity index is 1210. The summed E-state index contributed by atoms with van der Waals surface area (Å²) in [5, 5.41) is 19.1. The van der Waals surface area contributed by atoms with Crippen LogP contribution in [0.3, 0.4) is 0 Å². The number of aliphatic carboxylic acids is 2. The van der Waals surface area contributed by atoms with Gasteiger partial charge in [-0.2, -0.15) is 0 Å². The summed E-state index contributed by atoms with van der Waals surface area (Å²) >= 11 is 0. The van der Waals surface area contributed by atoms with E-state index in [1.54, 1.807) is 0 Å². The zero-order chi connectivity index (χ0) is 30.4. The monoisotopic (exact) mass is 593 g/mol. The van der Waals surface area contributed by atoms with Crippen LogP contribution in [0.15, 0.2) is 11.6 Å². The predicted octanol–water partition coefficient (Wildman–Crippen LogP) is 3.83. The summed E-state index contributed by atoms with van der Waals surface area (Å²) in [5.41, 5.74) is -0.553. The van der Waals surface area contributed by atoms with E-state index in [2.05, 4.69) is 41.5 Å². The van der Waals surface area contributed by atoms with Gasteiger partial charge < -0.3 is 14.9 Å². The van der Waals surface area contributed by atoms with Crippen LogP contribution in [-0.2, 0) is 23.9 Å². The third-order valence-electron chi connectivity index (χ3n) is 13.8. The normalized spacial score (nSPS) is 45.5. The molecule has 0 spiro atoms. The first-order valence-electron chi connectivity index (χ1n) is 15.7. The zero-order valence-electron chi connectivity index (χ0n) is 27.1. The smallest absolute Gasteiger partial charge is 0.481 e. The maximum absolute atomic E-state index is 14.5. The number of ether oxygens (including phenoxy) is 1. The van der Waals surface area contributed by atoms with Gasteiger partial charge in [0.2, 0.25) is 0 Å². The van der Waals surface area contributed by atoms with Gasteiger partial charge in [-0.05, 0) is 104 Å². The van der Waals surface area contributed by atoms with Gasteiger partial charge in [0.25, 0.3) is 0 Å². The molecular formula is C34H50NaO7+. The fourth-order valence-electron chi connectivity index (χ4n) is 11.0. The molecule has 4 saturated carbocycles. The number of esters is 1. The van der Waals surface area contributed by atoms with Gasteiger partial charge in [0.15, 0.2) is 5.78 Å². The molecule has 7 nitrogen and oxygen atoms in total. The van der Waals surface area contributed by atoms with Gasteiger partial charge in [0.1, 0.15) is 6.10 Å². The molecule has 0 bridgehead atoms. The maximum Gasteiger partial charge on any atom is 1.00 e. The van der Waals surface area contributed by atoms with Gasteiger partial charge in [0.05, 0.1) is 18.3 Å². The Balaban J connectivity index is 0.00000405. The largest absolute Gasteiger partial charge is 1.00 e. The molecule has 4 fully saturated rings. The van der Waals surface area contributed by atoms with Crippen molar-refractivity contribution in [3.63, 3.8) is 0 Å². The molecule has 0 aromatic heterocycles. The van der Waals surface area contributed by atoms with Crippen molar-refractivity contribution < 1.29 is 63.7 Å². The summed E-state index contributed by atoms with van der Waals surface area (Å²) in [4.78, 5) is 50.3. The Kier molecular flexibility index (Phi) is 8.60. The quantitative estimate of drug-likeness (QED) is 0.368. The van der Waals surface area contributed by atoms with Gasteiger partial charge >= 0.3 is 47.5 Å². The minimum absolute atomic E-state index is 0. The number of ketones is 1. The van der Waals surface area contributed by atoms with Crippen molar-refractivity contribution in [1.82, 2.24) is 0 Å². The third kappa shape index (κ3) is 4.78. The summed E-state index contributed by atoms with van der Waals surface area (Å²) < 4.78 is 5.91. The van der Waals surface area contributed by atoms with Crippen LogP contribution in [0.4, 0.5) is 0 Å². The van der Waals surface area contributed by atoms with Gasteiger partial charge in [0, 0.05) is 11.3 Å². The van der Waals surface area contributed by atoms with E-state index in [4.69, 9.17) is 9.84 Å². The van der Waals surface area contributed by atoms with E-state index in [0.717, 1.165) is 38.5 Å². The summed E-state index contributed by atoms with van der Waals surface area (Å²) in [7, 11) is 0. The van der Waals surface area contributed by atoms with E-state index >= 15 is 0 Å². The van der Waals surface area contributed by atoms with E-state index in [1.165, 1.54) is 5.57 Å². The first kappa shape index (κ1) is 33.7. The van der Waals surface area contributed by atoms with Crippen LogP contribution in [0.2, 0.25) is 0 Å². The Labute approximate surface area is 273 Å². The molecule has 0 aliphatic heterocycles. The second-order valence-corrected chi connectivity index (χ2v) is 16.3. The number of carboxylic acid groups (broad SMARTS) is 2. The number of carboxylic acids is 2. The number of rotatable bonds is 5. The molecule has 42 heavy (non-hydrogen) atoms. The molecule has 0 aromatic rings. The van der Waals surface area contributed by atoms with Crippen LogP contribution in [0, 0.1) is 50.2 Å². The molecule has 5 aliphatic carbocycles. The van der Waals surface area contributed by atoms with Crippen LogP contribution in [-0.4, -0.2) is 40.0 Å². The van der Waals surface area contributed by atoms with E-state index in [-0.39, 0.29) is 99.1 Å². The van der Waals surface area contributed by atoms with Crippen molar-refractivity contribution in [3.8, 4) is 0 Å². The molecule has 5 rings (SSSR count). The molecular weight excluding hydrogens is 543 g/mol. The number of hydrogen-bond acceptors (Lipinski definition) is 5. The molecule has 0 radical (unpaired) electrons. The average Bonchev–Trinajstić information content (AvgIpc) is 2.86. The summed E-state index contributed by atoms with van der Waals surface area (Å²) in [6.45, 7) is 15.5. The first-order valence-corrected chi connectivity index (χ1v) is 15.7. The van der Waals surface area contributed by atoms with E-state index in [9.17, 15) is 24.3 Å². The Hall–Kier alpha value is -1.18. The number of carbonyl (C=O) groups is 4. The predicted molar refractivity (Wildman–Crippen MR) is 154 cm³/mol. The topological polar surface area (TPSA) is 118 Å². The fraction of sp³-hybridized carbons (Fsp3) is 0.824. The van der Waals surface area contributed by atoms with Crippen LogP contribution in [0.1, 0.15) is 119 Å². The van der Waals surface area contributed by atoms with Crippen molar-refractivity contribution in [2.75, 3.05) is 0 Å². The summed E-state index contributed by atoms with van der Waals surface area (Å²) in [5.74, 6) is -1.87. The molecule has 0 saturated heterocycles. The van der Waals surface area contributed by atoms with Crippen molar-refractivity contribution in [2.45, 2.75) is 125 Å². The Morgan fingerprint density at radius 2 is 1.52 bits per heavy atom. The Morgan fingerprint density at radius 3 is 2.14 bits per heavy atom. The van der Waals surface area contributed by atoms with Crippen molar-refractivity contribution in [2.24, 2.45) is 50.2 Å². The van der Waals surface area contributed by atoms with Crippen LogP contribution >= 0.6 is 0 Å². The molecule has 9 atom stereocenters. The minimum Gasteiger partial charge on any atom is -0.481 e. The molecule has 2 N–H and O–H groups in total. The molecule has 228 valence electrons. The Morgan fingerprint density at radius 1 is 0.881 bits per heavy atom. The van der Waals surface area contributed by atoms with Gasteiger partial charge in [-0.15, -0.1) is 0 Å². The molecule has 2 unspecified atom stereocenters. The second kappa shape index (κ2) is 10.7. The van der Waals surface area contributed by atoms with Gasteiger partial charge in [-0.25, -0.2) is 0 Å². The minimum atomic E-state index is -1.01. The van der Waals surface area contributed by atoms with Crippen LogP contribution in [0.25, 0.3) is 0 Å². The molecule has 8 heteroatoms. The van der Waals surface area contributed by atoms with Crippen LogP contribution < -0.4 is 29.6 Å². The van der Waals surface area contributed by atoms with E-state index in [0.29, 0.717) is 19.3 Å². The number of fused-ring (bicyclic) bond motifs is 7. The van der Waals surface area contributed by atoms with Crippen molar-refractivity contribution in [1.29, 1.82) is 0 Å². The second-order valence-electron chi connectivity index (χ2n) is 16.3. The zero-order valence-corrected chi connectivity index (χ0v) is 29.1.